The van der Waals surface area contributed by atoms with Gasteiger partial charge in [-0.25, -0.2) is 4.79 Å². The molecule has 0 saturated heterocycles. The number of hydrogen-bond donors (Lipinski definition) is 15. The second kappa shape index (κ2) is 29.9. The molecule has 3 aromatic carbocycles. The number of guanidine groups is 1. The molecule has 0 aliphatic heterocycles. The van der Waals surface area contributed by atoms with E-state index in [-0.39, 0.29) is 80.0 Å². The summed E-state index contributed by atoms with van der Waals surface area (Å²) in [4.78, 5) is 112. The van der Waals surface area contributed by atoms with Crippen LogP contribution < -0.4 is 54.4 Å². The number of hydrogen-bond acceptors (Lipinski definition) is 14. The maximum Gasteiger partial charge on any atom is 0.327 e. The van der Waals surface area contributed by atoms with Crippen LogP contribution in [0.5, 0.6) is 11.5 Å². The van der Waals surface area contributed by atoms with Crippen molar-refractivity contribution in [2.24, 2.45) is 28.1 Å². The lowest BCUT2D eigenvalue weighted by molar-refractivity contribution is -0.141. The van der Waals surface area contributed by atoms with E-state index < -0.39 is 96.2 Å². The summed E-state index contributed by atoms with van der Waals surface area (Å²) in [7, 11) is 0. The molecule has 7 atom stereocenters. The largest absolute Gasteiger partial charge is 0.508 e. The predicted octanol–water partition coefficient (Wildman–Crippen LogP) is -1.48. The van der Waals surface area contributed by atoms with Crippen molar-refractivity contribution in [3.05, 3.63) is 95.6 Å². The van der Waals surface area contributed by atoms with Crippen LogP contribution in [-0.4, -0.2) is 135 Å². The van der Waals surface area contributed by atoms with Crippen LogP contribution in [-0.2, 0) is 57.6 Å². The van der Waals surface area contributed by atoms with Gasteiger partial charge in [0.05, 0.1) is 12.6 Å². The molecular weight excluding hydrogens is 959 g/mol. The highest BCUT2D eigenvalue weighted by Gasteiger charge is 2.33. The zero-order valence-corrected chi connectivity index (χ0v) is 41.2. The van der Waals surface area contributed by atoms with E-state index in [4.69, 9.17) is 17.2 Å². The summed E-state index contributed by atoms with van der Waals surface area (Å²) in [5.74, 6) is -7.66. The third kappa shape index (κ3) is 21.2. The number of carbonyl (C=O) groups is 8. The first kappa shape index (κ1) is 58.3. The SMILES string of the molecule is CC(C)C[C@H](NC(=O)[C@H](Cc1ccc(O)cc1)NC(=O)CNC(=O)[C@H](Cc1ccc(O)cc1)NC(=O)[C@H](CCCN=C(N)N)NC(=O)[C@@H](N)CS)C(=O)N[C@@H](Cc1ccccc1)C(=O)N[C@@H](CS)C(=O)O. The van der Waals surface area contributed by atoms with E-state index in [2.05, 4.69) is 67.5 Å². The van der Waals surface area contributed by atoms with Crippen LogP contribution in [0.2, 0.25) is 0 Å². The molecule has 16 N–H and O–H groups in total. The fourth-order valence-electron chi connectivity index (χ4n) is 6.86. The maximum atomic E-state index is 14.2. The number of nitrogens with one attached hydrogen (secondary N) is 7. The zero-order valence-electron chi connectivity index (χ0n) is 39.4. The Morgan fingerprint density at radius 2 is 1.00 bits per heavy atom. The van der Waals surface area contributed by atoms with Crippen LogP contribution in [0.3, 0.4) is 0 Å². The third-order valence-electron chi connectivity index (χ3n) is 10.6. The Balaban J connectivity index is 1.87. The van der Waals surface area contributed by atoms with Crippen LogP contribution >= 0.6 is 25.3 Å². The van der Waals surface area contributed by atoms with E-state index in [1.165, 1.54) is 48.5 Å². The molecule has 0 fully saturated rings. The summed E-state index contributed by atoms with van der Waals surface area (Å²) in [6, 6.07) is 11.3. The highest BCUT2D eigenvalue weighted by molar-refractivity contribution is 7.80. The van der Waals surface area contributed by atoms with Crippen molar-refractivity contribution in [2.45, 2.75) is 94.7 Å². The maximum absolute atomic E-state index is 14.2. The van der Waals surface area contributed by atoms with Gasteiger partial charge in [0, 0.05) is 37.3 Å². The van der Waals surface area contributed by atoms with Crippen LogP contribution in [0.25, 0.3) is 0 Å². The number of aromatic hydroxyl groups is 2. The molecule has 0 unspecified atom stereocenters. The van der Waals surface area contributed by atoms with Gasteiger partial charge in [0.2, 0.25) is 41.4 Å². The van der Waals surface area contributed by atoms with Gasteiger partial charge in [-0.15, -0.1) is 0 Å². The molecule has 0 bridgehead atoms. The van der Waals surface area contributed by atoms with Gasteiger partial charge < -0.3 is 69.7 Å². The lowest BCUT2D eigenvalue weighted by Gasteiger charge is -2.27. The van der Waals surface area contributed by atoms with Crippen LogP contribution in [0, 0.1) is 5.92 Å². The van der Waals surface area contributed by atoms with Gasteiger partial charge >= 0.3 is 5.97 Å². The minimum absolute atomic E-state index is 0.0288. The molecular formula is C47H65N11O11S2. The summed E-state index contributed by atoms with van der Waals surface area (Å²) < 4.78 is 0. The first-order valence-electron chi connectivity index (χ1n) is 22.6. The van der Waals surface area contributed by atoms with Gasteiger partial charge in [-0.2, -0.15) is 25.3 Å². The molecule has 0 saturated carbocycles. The Hall–Kier alpha value is -7.05. The molecule has 3 aromatic rings. The number of aliphatic carboxylic acids is 1. The minimum atomic E-state index is -1.39. The zero-order chi connectivity index (χ0) is 52.6. The van der Waals surface area contributed by atoms with Crippen molar-refractivity contribution in [3.63, 3.8) is 0 Å². The molecule has 0 aliphatic carbocycles. The van der Waals surface area contributed by atoms with Crippen molar-refractivity contribution >= 4 is 78.5 Å². The Labute approximate surface area is 422 Å². The van der Waals surface area contributed by atoms with E-state index in [1.54, 1.807) is 44.2 Å². The number of phenolic OH excluding ortho intramolecular Hbond substituents is 2. The second-order valence-electron chi connectivity index (χ2n) is 17.0. The van der Waals surface area contributed by atoms with Crippen molar-refractivity contribution in [3.8, 4) is 11.5 Å². The Morgan fingerprint density at radius 3 is 1.48 bits per heavy atom. The standard InChI is InChI=1S/C47H65N11O11S2/c1-26(2)19-34(43(65)57-37(20-27-7-4-3-5-8-27)45(67)58-38(25-71)46(68)69)55-44(66)36(22-29-12-16-31(60)17-13-29)53-39(61)23-52-41(63)35(21-28-10-14-30(59)15-11-28)56-42(64)33(9-6-18-51-47(49)50)54-40(62)32(48)24-70/h3-5,7-8,10-17,26,32-38,59-60,70-71H,6,9,18-25,48H2,1-2H3,(H,52,63)(H,53,61)(H,54,62)(H,55,66)(H,56,64)(H,57,65)(H,58,67)(H,68,69)(H4,49,50,51)/t32-,33-,34-,35-,36-,37-,38-/m0/s1. The number of benzene rings is 3. The second-order valence-corrected chi connectivity index (χ2v) is 17.7. The summed E-state index contributed by atoms with van der Waals surface area (Å²) in [6.45, 7) is 2.99. The third-order valence-corrected chi connectivity index (χ3v) is 11.4. The molecule has 0 radical (unpaired) electrons. The van der Waals surface area contributed by atoms with Crippen molar-refractivity contribution in [1.82, 2.24) is 37.2 Å². The van der Waals surface area contributed by atoms with Gasteiger partial charge in [-0.05, 0) is 66.1 Å². The summed E-state index contributed by atoms with van der Waals surface area (Å²) >= 11 is 8.07. The average Bonchev–Trinajstić information content (AvgIpc) is 3.33. The number of thiol groups is 2. The van der Waals surface area contributed by atoms with E-state index in [1.807, 2.05) is 0 Å². The van der Waals surface area contributed by atoms with Gasteiger partial charge in [-0.3, -0.25) is 38.6 Å². The summed E-state index contributed by atoms with van der Waals surface area (Å²) in [5.41, 5.74) is 18.3. The number of nitrogens with two attached hydrogens (primary N) is 3. The molecule has 0 aromatic heterocycles. The summed E-state index contributed by atoms with van der Waals surface area (Å²) in [6.07, 6.45) is 0.000192. The topological polar surface area (TPSA) is 372 Å². The number of carbonyl (C=O) groups excluding carboxylic acids is 7. The van der Waals surface area contributed by atoms with E-state index in [9.17, 15) is 53.7 Å². The normalized spacial score (nSPS) is 13.9. The van der Waals surface area contributed by atoms with Crippen molar-refractivity contribution in [1.29, 1.82) is 0 Å². The number of carboxylic acid groups (broad SMARTS) is 1. The molecule has 0 heterocycles. The first-order valence-corrected chi connectivity index (χ1v) is 23.9. The Morgan fingerprint density at radius 1 is 0.563 bits per heavy atom. The number of rotatable bonds is 29. The van der Waals surface area contributed by atoms with Gasteiger partial charge in [0.1, 0.15) is 47.8 Å². The molecule has 386 valence electrons. The van der Waals surface area contributed by atoms with E-state index >= 15 is 0 Å². The van der Waals surface area contributed by atoms with E-state index in [0.717, 1.165) is 0 Å². The molecule has 0 spiro atoms. The lowest BCUT2D eigenvalue weighted by atomic mass is 9.99. The van der Waals surface area contributed by atoms with Gasteiger partial charge in [-0.1, -0.05) is 68.4 Å². The minimum Gasteiger partial charge on any atom is -0.508 e. The first-order chi connectivity index (χ1) is 33.7. The Bertz CT molecular complexity index is 2290. The fraction of sp³-hybridized carbons (Fsp3) is 0.426. The highest BCUT2D eigenvalue weighted by Crippen LogP contribution is 2.15. The molecule has 22 nitrogen and oxygen atoms in total. The van der Waals surface area contributed by atoms with Crippen LogP contribution in [0.1, 0.15) is 49.8 Å². The van der Waals surface area contributed by atoms with E-state index in [0.29, 0.717) is 16.7 Å². The molecule has 3 rings (SSSR count). The smallest absolute Gasteiger partial charge is 0.327 e. The number of amides is 7. The average molecular weight is 1020 g/mol. The number of carboxylic acids is 1. The number of nitrogens with zero attached hydrogens (tertiary/aromatic N) is 1. The number of phenols is 2. The monoisotopic (exact) mass is 1020 g/mol. The summed E-state index contributed by atoms with van der Waals surface area (Å²) in [5, 5.41) is 47.4. The molecule has 71 heavy (non-hydrogen) atoms. The quantitative estimate of drug-likeness (QED) is 0.0163. The van der Waals surface area contributed by atoms with Crippen molar-refractivity contribution in [2.75, 3.05) is 24.6 Å². The molecule has 7 amide bonds. The highest BCUT2D eigenvalue weighted by atomic mass is 32.1. The lowest BCUT2D eigenvalue weighted by Crippen LogP contribution is -2.59. The van der Waals surface area contributed by atoms with Crippen molar-refractivity contribution < 1.29 is 53.7 Å². The predicted molar refractivity (Wildman–Crippen MR) is 271 cm³/mol. The molecule has 24 heteroatoms. The number of aliphatic imine (C=N–C) groups is 1. The molecule has 0 aliphatic rings. The van der Waals surface area contributed by atoms with Gasteiger partial charge in [0.15, 0.2) is 5.96 Å². The van der Waals surface area contributed by atoms with Gasteiger partial charge in [0.25, 0.3) is 0 Å². The fourth-order valence-corrected chi connectivity index (χ4v) is 7.27. The van der Waals surface area contributed by atoms with Crippen LogP contribution in [0.4, 0.5) is 0 Å². The Kier molecular flexibility index (Phi) is 24.5. The van der Waals surface area contributed by atoms with Crippen LogP contribution in [0.15, 0.2) is 83.9 Å².